The molecular formula is C21H22N4O6S. The van der Waals surface area contributed by atoms with Gasteiger partial charge in [-0.25, -0.2) is 9.97 Å². The molecule has 10 nitrogen and oxygen atoms in total. The van der Waals surface area contributed by atoms with Crippen molar-refractivity contribution in [1.29, 1.82) is 0 Å². The molecule has 0 saturated carbocycles. The highest BCUT2D eigenvalue weighted by molar-refractivity contribution is 7.17. The molecule has 0 aliphatic carbocycles. The zero-order valence-corrected chi connectivity index (χ0v) is 18.5. The van der Waals surface area contributed by atoms with Crippen molar-refractivity contribution >= 4 is 39.4 Å². The van der Waals surface area contributed by atoms with Crippen LogP contribution in [0.3, 0.4) is 0 Å². The van der Waals surface area contributed by atoms with E-state index in [1.165, 1.54) is 24.9 Å². The Labute approximate surface area is 187 Å². The third-order valence-electron chi connectivity index (χ3n) is 5.18. The number of methoxy groups -OCH3 is 1. The monoisotopic (exact) mass is 458 g/mol. The van der Waals surface area contributed by atoms with Gasteiger partial charge in [0.05, 0.1) is 6.10 Å². The lowest BCUT2D eigenvalue weighted by Crippen LogP contribution is -2.38. The van der Waals surface area contributed by atoms with Crippen molar-refractivity contribution < 1.29 is 23.8 Å². The van der Waals surface area contributed by atoms with E-state index in [-0.39, 0.29) is 28.3 Å². The van der Waals surface area contributed by atoms with Crippen LogP contribution in [0.15, 0.2) is 41.5 Å². The van der Waals surface area contributed by atoms with Crippen molar-refractivity contribution in [3.63, 3.8) is 0 Å². The molecule has 1 N–H and O–H groups in total. The zero-order valence-electron chi connectivity index (χ0n) is 17.7. The van der Waals surface area contributed by atoms with Crippen molar-refractivity contribution in [2.45, 2.75) is 44.8 Å². The Bertz CT molecular complexity index is 1190. The van der Waals surface area contributed by atoms with Crippen molar-refractivity contribution in [3.05, 3.63) is 51.9 Å². The van der Waals surface area contributed by atoms with E-state index >= 15 is 0 Å². The average Bonchev–Trinajstić information content (AvgIpc) is 3.30. The Morgan fingerprint density at radius 3 is 2.62 bits per heavy atom. The maximum Gasteiger partial charge on any atom is 0.311 e. The second-order valence-corrected chi connectivity index (χ2v) is 8.14. The number of carbonyl (C=O) groups excluding carboxylic acids is 2. The summed E-state index contributed by atoms with van der Waals surface area (Å²) in [6.45, 7) is 3.20. The first-order valence-corrected chi connectivity index (χ1v) is 10.8. The fourth-order valence-electron chi connectivity index (χ4n) is 3.78. The highest BCUT2D eigenvalue weighted by Crippen LogP contribution is 2.37. The summed E-state index contributed by atoms with van der Waals surface area (Å²) in [5.74, 6) is -0.666. The van der Waals surface area contributed by atoms with Crippen LogP contribution in [0.2, 0.25) is 0 Å². The Morgan fingerprint density at radius 1 is 1.22 bits per heavy atom. The van der Waals surface area contributed by atoms with E-state index in [1.54, 1.807) is 24.3 Å². The Morgan fingerprint density at radius 2 is 1.97 bits per heavy atom. The van der Waals surface area contributed by atoms with E-state index in [1.807, 2.05) is 13.0 Å². The molecule has 3 aromatic rings. The number of benzene rings is 1. The van der Waals surface area contributed by atoms with Crippen LogP contribution in [0.1, 0.15) is 36.9 Å². The SMILES string of the molecule is CC[C@H]1O[C@@H](n2c(=O)sc3c(NC(=O)c4ccccc4)ncnc32)[C@H](OC(C)=O)[C@@H]1OC. The number of esters is 1. The summed E-state index contributed by atoms with van der Waals surface area (Å²) < 4.78 is 18.8. The summed E-state index contributed by atoms with van der Waals surface area (Å²) in [6, 6.07) is 8.66. The molecule has 1 aromatic carbocycles. The number of ether oxygens (including phenoxy) is 3. The van der Waals surface area contributed by atoms with Gasteiger partial charge in [0, 0.05) is 19.6 Å². The second-order valence-electron chi connectivity index (χ2n) is 7.18. The van der Waals surface area contributed by atoms with Crippen LogP contribution in [-0.4, -0.2) is 51.8 Å². The van der Waals surface area contributed by atoms with E-state index < -0.39 is 24.4 Å². The van der Waals surface area contributed by atoms with Gasteiger partial charge in [-0.15, -0.1) is 0 Å². The van der Waals surface area contributed by atoms with Gasteiger partial charge in [0.15, 0.2) is 23.8 Å². The fourth-order valence-corrected chi connectivity index (χ4v) is 4.69. The first-order valence-electron chi connectivity index (χ1n) is 10.0. The molecule has 0 bridgehead atoms. The molecule has 4 rings (SSSR count). The number of nitrogens with zero attached hydrogens (tertiary/aromatic N) is 3. The minimum absolute atomic E-state index is 0.210. The number of thiazole rings is 1. The predicted molar refractivity (Wildman–Crippen MR) is 117 cm³/mol. The largest absolute Gasteiger partial charge is 0.455 e. The number of rotatable bonds is 6. The number of nitrogens with one attached hydrogen (secondary N) is 1. The van der Waals surface area contributed by atoms with E-state index in [9.17, 15) is 14.4 Å². The summed E-state index contributed by atoms with van der Waals surface area (Å²) in [5.41, 5.74) is 0.723. The minimum atomic E-state index is -0.928. The van der Waals surface area contributed by atoms with Gasteiger partial charge in [-0.3, -0.25) is 19.0 Å². The molecule has 0 spiro atoms. The maximum absolute atomic E-state index is 13.0. The van der Waals surface area contributed by atoms with Crippen molar-refractivity contribution in [2.75, 3.05) is 12.4 Å². The summed E-state index contributed by atoms with van der Waals surface area (Å²) in [7, 11) is 1.50. The molecule has 1 aliphatic rings. The average molecular weight is 458 g/mol. The summed E-state index contributed by atoms with van der Waals surface area (Å²) in [4.78, 5) is 45.3. The van der Waals surface area contributed by atoms with E-state index in [2.05, 4.69) is 15.3 Å². The van der Waals surface area contributed by atoms with E-state index in [4.69, 9.17) is 14.2 Å². The number of hydrogen-bond acceptors (Lipinski definition) is 9. The van der Waals surface area contributed by atoms with Gasteiger partial charge in [-0.05, 0) is 18.6 Å². The first-order chi connectivity index (χ1) is 15.4. The maximum atomic E-state index is 13.0. The first kappa shape index (κ1) is 22.1. The molecule has 1 amide bonds. The van der Waals surface area contributed by atoms with Gasteiger partial charge in [-0.1, -0.05) is 36.5 Å². The number of aromatic nitrogens is 3. The van der Waals surface area contributed by atoms with Crippen LogP contribution in [0.25, 0.3) is 10.3 Å². The molecule has 1 saturated heterocycles. The zero-order chi connectivity index (χ0) is 22.8. The van der Waals surface area contributed by atoms with Gasteiger partial charge in [0.1, 0.15) is 17.1 Å². The van der Waals surface area contributed by atoms with Gasteiger partial charge in [0.25, 0.3) is 5.91 Å². The molecular weight excluding hydrogens is 436 g/mol. The third kappa shape index (κ3) is 4.01. The van der Waals surface area contributed by atoms with E-state index in [0.29, 0.717) is 16.7 Å². The minimum Gasteiger partial charge on any atom is -0.455 e. The fraction of sp³-hybridized carbons (Fsp3) is 0.381. The van der Waals surface area contributed by atoms with Gasteiger partial charge >= 0.3 is 10.8 Å². The highest BCUT2D eigenvalue weighted by Gasteiger charge is 2.48. The molecule has 0 unspecified atom stereocenters. The lowest BCUT2D eigenvalue weighted by atomic mass is 10.1. The van der Waals surface area contributed by atoms with Crippen LogP contribution in [0, 0.1) is 0 Å². The normalized spacial score (nSPS) is 22.7. The van der Waals surface area contributed by atoms with Crippen LogP contribution in [-0.2, 0) is 19.0 Å². The van der Waals surface area contributed by atoms with Crippen LogP contribution >= 0.6 is 11.3 Å². The third-order valence-corrected chi connectivity index (χ3v) is 6.14. The molecule has 1 aliphatic heterocycles. The van der Waals surface area contributed by atoms with Crippen LogP contribution in [0.4, 0.5) is 5.82 Å². The lowest BCUT2D eigenvalue weighted by Gasteiger charge is -2.22. The van der Waals surface area contributed by atoms with Gasteiger partial charge in [-0.2, -0.15) is 0 Å². The Kier molecular flexibility index (Phi) is 6.31. The standard InChI is InChI=1S/C21H22N4O6S/c1-4-13-14(29-3)15(30-11(2)26)20(31-13)25-18-16(32-21(25)28)17(22-10-23-18)24-19(27)12-8-6-5-7-9-12/h5-10,13-15,20H,4H2,1-3H3,(H,22,23,24,27)/t13-,14-,15-,20-/m1/s1. The number of hydrogen-bond donors (Lipinski definition) is 1. The smallest absolute Gasteiger partial charge is 0.311 e. The topological polar surface area (TPSA) is 122 Å². The molecule has 2 aromatic heterocycles. The number of amides is 1. The van der Waals surface area contributed by atoms with Crippen molar-refractivity contribution in [2.24, 2.45) is 0 Å². The number of anilines is 1. The van der Waals surface area contributed by atoms with Crippen LogP contribution < -0.4 is 10.2 Å². The Balaban J connectivity index is 1.75. The quantitative estimate of drug-likeness (QED) is 0.559. The summed E-state index contributed by atoms with van der Waals surface area (Å²) in [6.07, 6.45) is -0.841. The highest BCUT2D eigenvalue weighted by atomic mass is 32.1. The molecule has 3 heterocycles. The predicted octanol–water partition coefficient (Wildman–Crippen LogP) is 2.36. The summed E-state index contributed by atoms with van der Waals surface area (Å²) >= 11 is 0.874. The van der Waals surface area contributed by atoms with Crippen molar-refractivity contribution in [3.8, 4) is 0 Å². The van der Waals surface area contributed by atoms with Crippen LogP contribution in [0.5, 0.6) is 0 Å². The molecule has 11 heteroatoms. The van der Waals surface area contributed by atoms with Gasteiger partial charge in [0.2, 0.25) is 0 Å². The molecule has 4 atom stereocenters. The molecule has 32 heavy (non-hydrogen) atoms. The molecule has 0 radical (unpaired) electrons. The lowest BCUT2D eigenvalue weighted by molar-refractivity contribution is -0.156. The Hall–Kier alpha value is -3.15. The molecule has 1 fully saturated rings. The number of carbonyl (C=O) groups is 2. The van der Waals surface area contributed by atoms with Crippen molar-refractivity contribution in [1.82, 2.24) is 14.5 Å². The van der Waals surface area contributed by atoms with E-state index in [0.717, 1.165) is 11.3 Å². The van der Waals surface area contributed by atoms with Gasteiger partial charge < -0.3 is 19.5 Å². The molecule has 168 valence electrons. The summed E-state index contributed by atoms with van der Waals surface area (Å²) in [5, 5.41) is 2.73. The second kappa shape index (κ2) is 9.15. The number of fused-ring (bicyclic) bond motifs is 1.